The number of H-pyrrole nitrogens is 2. The van der Waals surface area contributed by atoms with Crippen LogP contribution in [-0.2, 0) is 6.54 Å². The molecule has 54 heavy (non-hydrogen) atoms. The first kappa shape index (κ1) is 36.6. The van der Waals surface area contributed by atoms with Crippen molar-refractivity contribution in [3.63, 3.8) is 0 Å². The van der Waals surface area contributed by atoms with E-state index in [0.717, 1.165) is 52.0 Å². The van der Waals surface area contributed by atoms with Gasteiger partial charge in [-0.15, -0.1) is 0 Å². The SMILES string of the molecule is C[C@@H](F)CN(Cc1ncc(-c2ccc3c(ccc4oc5cc(-c6cnc([C@@H]7CCCN7C(=O)NC(C)(C)C)[nH]6)ccc5c(=O)c43)c2)[nH]1)C(=O)NC(C)(C)C. The normalized spacial score (nSPS) is 15.6. The minimum Gasteiger partial charge on any atom is -0.456 e. The predicted molar refractivity (Wildman–Crippen MR) is 209 cm³/mol. The fourth-order valence-corrected chi connectivity index (χ4v) is 7.04. The smallest absolute Gasteiger partial charge is 0.318 e. The van der Waals surface area contributed by atoms with Gasteiger partial charge in [-0.3, -0.25) is 4.79 Å². The number of nitrogens with zero attached hydrogens (tertiary/aromatic N) is 4. The molecule has 282 valence electrons. The predicted octanol–water partition coefficient (Wildman–Crippen LogP) is 8.19. The lowest BCUT2D eigenvalue weighted by atomic mass is 10.0. The van der Waals surface area contributed by atoms with Crippen molar-refractivity contribution in [3.05, 3.63) is 82.8 Å². The number of nitrogens with one attached hydrogen (secondary N) is 4. The van der Waals surface area contributed by atoms with E-state index in [9.17, 15) is 18.8 Å². The van der Waals surface area contributed by atoms with Crippen molar-refractivity contribution in [3.8, 4) is 22.5 Å². The maximum Gasteiger partial charge on any atom is 0.318 e. The number of carbonyl (C=O) groups excluding carboxylic acids is 2. The molecule has 4 amide bonds. The highest BCUT2D eigenvalue weighted by molar-refractivity contribution is 6.09. The molecule has 13 heteroatoms. The summed E-state index contributed by atoms with van der Waals surface area (Å²) >= 11 is 0. The Hall–Kier alpha value is -5.72. The molecule has 1 aliphatic heterocycles. The van der Waals surface area contributed by atoms with E-state index in [0.29, 0.717) is 34.3 Å². The zero-order chi connectivity index (χ0) is 38.5. The largest absolute Gasteiger partial charge is 0.456 e. The highest BCUT2D eigenvalue weighted by atomic mass is 19.1. The molecule has 0 aliphatic carbocycles. The summed E-state index contributed by atoms with van der Waals surface area (Å²) in [4.78, 5) is 58.9. The average molecular weight is 735 g/mol. The van der Waals surface area contributed by atoms with E-state index in [1.165, 1.54) is 11.8 Å². The second-order valence-corrected chi connectivity index (χ2v) is 16.3. The molecule has 2 atom stereocenters. The molecule has 0 bridgehead atoms. The molecule has 3 aromatic heterocycles. The first-order valence-electron chi connectivity index (χ1n) is 18.4. The van der Waals surface area contributed by atoms with Crippen molar-refractivity contribution in [2.24, 2.45) is 0 Å². The number of halogens is 1. The van der Waals surface area contributed by atoms with E-state index in [-0.39, 0.29) is 42.2 Å². The Bertz CT molecular complexity index is 2430. The number of alkyl halides is 1. The second kappa shape index (κ2) is 13.9. The van der Waals surface area contributed by atoms with Gasteiger partial charge in [-0.2, -0.15) is 0 Å². The van der Waals surface area contributed by atoms with Crippen LogP contribution in [0.2, 0.25) is 0 Å². The summed E-state index contributed by atoms with van der Waals surface area (Å²) < 4.78 is 20.4. The Labute approximate surface area is 312 Å². The van der Waals surface area contributed by atoms with Crippen LogP contribution >= 0.6 is 0 Å². The third-order valence-corrected chi connectivity index (χ3v) is 9.39. The standard InChI is InChI=1S/C41H47FN8O4/c1-23(42)21-49(38(52)47-40(2,3)4)22-34-43-19-29(45-34)25-10-13-27-24(17-25)12-15-32-35(27)36(51)28-14-11-26(18-33(28)54-32)30-20-44-37(46-30)31-9-8-16-50(31)39(53)48-41(5,6)7/h10-15,17-20,23,31H,8-9,16,21-22H2,1-7H3,(H,43,45)(H,44,46)(H,47,52)(H,48,53)/t23-,31+/m1/s1. The summed E-state index contributed by atoms with van der Waals surface area (Å²) in [5.74, 6) is 1.25. The number of benzene rings is 3. The highest BCUT2D eigenvalue weighted by Gasteiger charge is 2.33. The Kier molecular flexibility index (Phi) is 9.45. The quantitative estimate of drug-likeness (QED) is 0.0959. The summed E-state index contributed by atoms with van der Waals surface area (Å²) in [5, 5.41) is 8.50. The third-order valence-electron chi connectivity index (χ3n) is 9.39. The maximum absolute atomic E-state index is 14.0. The Morgan fingerprint density at radius 1 is 0.926 bits per heavy atom. The Morgan fingerprint density at radius 3 is 2.33 bits per heavy atom. The molecule has 0 unspecified atom stereocenters. The van der Waals surface area contributed by atoms with Crippen LogP contribution < -0.4 is 16.1 Å². The molecule has 3 aromatic carbocycles. The minimum atomic E-state index is -1.20. The Balaban J connectivity index is 1.14. The van der Waals surface area contributed by atoms with Gasteiger partial charge in [0.25, 0.3) is 0 Å². The van der Waals surface area contributed by atoms with Gasteiger partial charge in [0.05, 0.1) is 53.7 Å². The average Bonchev–Trinajstić information content (AvgIpc) is 3.87. The number of fused-ring (bicyclic) bond motifs is 4. The molecule has 0 radical (unpaired) electrons. The fraction of sp³-hybridized carbons (Fsp3) is 0.390. The van der Waals surface area contributed by atoms with Gasteiger partial charge in [-0.25, -0.2) is 23.9 Å². The topological polar surface area (TPSA) is 152 Å². The molecule has 1 saturated heterocycles. The highest BCUT2D eigenvalue weighted by Crippen LogP contribution is 2.34. The van der Waals surface area contributed by atoms with Crippen molar-refractivity contribution >= 4 is 44.8 Å². The molecular formula is C41H47FN8O4. The van der Waals surface area contributed by atoms with Crippen molar-refractivity contribution in [1.82, 2.24) is 40.4 Å². The molecule has 0 spiro atoms. The van der Waals surface area contributed by atoms with Gasteiger partial charge < -0.3 is 34.8 Å². The zero-order valence-electron chi connectivity index (χ0n) is 31.8. The summed E-state index contributed by atoms with van der Waals surface area (Å²) in [6, 6.07) is 14.4. The van der Waals surface area contributed by atoms with Crippen molar-refractivity contribution in [2.75, 3.05) is 13.1 Å². The summed E-state index contributed by atoms with van der Waals surface area (Å²) in [5.41, 5.74) is 3.14. The van der Waals surface area contributed by atoms with Crippen LogP contribution in [0.5, 0.6) is 0 Å². The summed E-state index contributed by atoms with van der Waals surface area (Å²) in [6.45, 7) is 13.6. The van der Waals surface area contributed by atoms with E-state index in [1.54, 1.807) is 18.5 Å². The third kappa shape index (κ3) is 7.66. The minimum absolute atomic E-state index is 0.0672. The number of hydrogen-bond acceptors (Lipinski definition) is 6. The van der Waals surface area contributed by atoms with E-state index in [4.69, 9.17) is 4.42 Å². The lowest BCUT2D eigenvalue weighted by Crippen LogP contribution is -2.49. The van der Waals surface area contributed by atoms with Crippen molar-refractivity contribution < 1.29 is 18.4 Å². The van der Waals surface area contributed by atoms with Gasteiger partial charge in [0.2, 0.25) is 5.43 Å². The molecule has 4 heterocycles. The number of aromatic amines is 2. The van der Waals surface area contributed by atoms with Crippen LogP contribution in [0.1, 0.15) is 79.0 Å². The van der Waals surface area contributed by atoms with Crippen LogP contribution in [0.4, 0.5) is 14.0 Å². The molecule has 7 rings (SSSR count). The van der Waals surface area contributed by atoms with Crippen LogP contribution in [0.3, 0.4) is 0 Å². The van der Waals surface area contributed by atoms with Gasteiger partial charge >= 0.3 is 12.1 Å². The molecule has 1 aliphatic rings. The van der Waals surface area contributed by atoms with Crippen LogP contribution in [0.15, 0.2) is 70.1 Å². The number of rotatable bonds is 7. The first-order valence-corrected chi connectivity index (χ1v) is 18.4. The van der Waals surface area contributed by atoms with Crippen molar-refractivity contribution in [2.45, 2.75) is 91.1 Å². The van der Waals surface area contributed by atoms with Gasteiger partial charge in [0, 0.05) is 28.7 Å². The van der Waals surface area contributed by atoms with Gasteiger partial charge in [0.15, 0.2) is 0 Å². The molecule has 4 N–H and O–H groups in total. The van der Waals surface area contributed by atoms with Gasteiger partial charge in [-0.05, 0) is 96.3 Å². The number of imidazole rings is 2. The molecule has 6 aromatic rings. The molecule has 12 nitrogen and oxygen atoms in total. The summed E-state index contributed by atoms with van der Waals surface area (Å²) in [6.07, 6.45) is 3.95. The fourth-order valence-electron chi connectivity index (χ4n) is 7.04. The van der Waals surface area contributed by atoms with E-state index >= 15 is 0 Å². The first-order chi connectivity index (χ1) is 25.5. The van der Waals surface area contributed by atoms with Gasteiger partial charge in [0.1, 0.15) is 29.0 Å². The Morgan fingerprint density at radius 2 is 1.61 bits per heavy atom. The number of aromatic nitrogens is 4. The monoisotopic (exact) mass is 734 g/mol. The van der Waals surface area contributed by atoms with E-state index in [2.05, 4.69) is 30.6 Å². The number of carbonyl (C=O) groups is 2. The number of likely N-dealkylation sites (tertiary alicyclic amines) is 1. The number of urea groups is 2. The second-order valence-electron chi connectivity index (χ2n) is 16.3. The van der Waals surface area contributed by atoms with E-state index < -0.39 is 11.7 Å². The lowest BCUT2D eigenvalue weighted by Gasteiger charge is -2.28. The molecular weight excluding hydrogens is 688 g/mol. The number of hydrogen-bond donors (Lipinski definition) is 4. The van der Waals surface area contributed by atoms with Crippen LogP contribution in [0, 0.1) is 0 Å². The van der Waals surface area contributed by atoms with Gasteiger partial charge in [-0.1, -0.05) is 24.3 Å². The molecule has 1 fully saturated rings. The van der Waals surface area contributed by atoms with Crippen LogP contribution in [-0.4, -0.2) is 72.1 Å². The van der Waals surface area contributed by atoms with E-state index in [1.807, 2.05) is 88.9 Å². The van der Waals surface area contributed by atoms with Crippen molar-refractivity contribution in [1.29, 1.82) is 0 Å². The number of amides is 4. The maximum atomic E-state index is 14.0. The zero-order valence-corrected chi connectivity index (χ0v) is 31.8. The molecule has 0 saturated carbocycles. The van der Waals surface area contributed by atoms with Crippen LogP contribution in [0.25, 0.3) is 55.2 Å². The lowest BCUT2D eigenvalue weighted by molar-refractivity contribution is 0.166. The summed E-state index contributed by atoms with van der Waals surface area (Å²) in [7, 11) is 0.